The lowest BCUT2D eigenvalue weighted by atomic mass is 9.95. The van der Waals surface area contributed by atoms with Gasteiger partial charge in [-0.05, 0) is 30.9 Å². The molecule has 9 heteroatoms. The number of aromatic nitrogens is 2. The second-order valence-electron chi connectivity index (χ2n) is 9.57. The van der Waals surface area contributed by atoms with E-state index >= 15 is 0 Å². The number of carbonyl (C=O) groups excluding carboxylic acids is 2. The molecule has 1 fully saturated rings. The van der Waals surface area contributed by atoms with Gasteiger partial charge >= 0.3 is 11.7 Å². The third-order valence-corrected chi connectivity index (χ3v) is 6.76. The van der Waals surface area contributed by atoms with Crippen molar-refractivity contribution in [3.8, 4) is 0 Å². The van der Waals surface area contributed by atoms with Gasteiger partial charge < -0.3 is 9.72 Å². The van der Waals surface area contributed by atoms with E-state index in [-0.39, 0.29) is 17.3 Å². The molecule has 0 bridgehead atoms. The number of ketones is 1. The zero-order chi connectivity index (χ0) is 26.9. The molecular weight excluding hydrogens is 484 g/mol. The Bertz CT molecular complexity index is 1340. The largest absolute Gasteiger partial charge is 0.465 e. The van der Waals surface area contributed by atoms with Gasteiger partial charge in [0.2, 0.25) is 0 Å². The number of esters is 1. The molecular formula is C29H34N4O5. The van der Waals surface area contributed by atoms with Crippen LogP contribution in [-0.2, 0) is 40.4 Å². The lowest BCUT2D eigenvalue weighted by molar-refractivity contribution is -0.153. The van der Waals surface area contributed by atoms with Crippen LogP contribution in [0.2, 0.25) is 0 Å². The molecule has 38 heavy (non-hydrogen) atoms. The number of rotatable bonds is 6. The highest BCUT2D eigenvalue weighted by atomic mass is 16.5. The van der Waals surface area contributed by atoms with Crippen molar-refractivity contribution < 1.29 is 14.3 Å². The fraction of sp³-hybridized carbons (Fsp3) is 0.379. The maximum absolute atomic E-state index is 12.0. The molecule has 1 aromatic heterocycles. The van der Waals surface area contributed by atoms with E-state index in [1.165, 1.54) is 11.1 Å². The third kappa shape index (κ3) is 7.36. The topological polar surface area (TPSA) is 116 Å². The molecule has 1 saturated heterocycles. The molecule has 2 aliphatic heterocycles. The first kappa shape index (κ1) is 27.2. The molecule has 0 saturated carbocycles. The average Bonchev–Trinajstić information content (AvgIpc) is 2.90. The number of hydrogen-bond donors (Lipinski definition) is 2. The van der Waals surface area contributed by atoms with Crippen LogP contribution in [0.15, 0.2) is 70.3 Å². The smallest absolute Gasteiger partial charge is 0.325 e. The van der Waals surface area contributed by atoms with Crippen molar-refractivity contribution in [2.45, 2.75) is 39.4 Å². The fourth-order valence-electron chi connectivity index (χ4n) is 4.86. The van der Waals surface area contributed by atoms with Crippen LogP contribution in [0.3, 0.4) is 0 Å². The van der Waals surface area contributed by atoms with Crippen LogP contribution in [0.25, 0.3) is 0 Å². The Hall–Kier alpha value is -3.82. The first-order valence-electron chi connectivity index (χ1n) is 13.0. The van der Waals surface area contributed by atoms with Crippen molar-refractivity contribution in [2.24, 2.45) is 5.92 Å². The van der Waals surface area contributed by atoms with Gasteiger partial charge in [0.1, 0.15) is 5.92 Å². The Kier molecular flexibility index (Phi) is 9.40. The number of carbonyl (C=O) groups is 2. The molecule has 1 unspecified atom stereocenters. The van der Waals surface area contributed by atoms with Crippen molar-refractivity contribution in [3.63, 3.8) is 0 Å². The van der Waals surface area contributed by atoms with Crippen molar-refractivity contribution in [3.05, 3.63) is 104 Å². The lowest BCUT2D eigenvalue weighted by Crippen LogP contribution is -2.43. The molecule has 1 atom stereocenters. The summed E-state index contributed by atoms with van der Waals surface area (Å²) in [7, 11) is 0. The third-order valence-electron chi connectivity index (χ3n) is 6.76. The summed E-state index contributed by atoms with van der Waals surface area (Å²) < 4.78 is 4.93. The number of likely N-dealkylation sites (tertiary alicyclic amines) is 1. The number of benzene rings is 2. The fourth-order valence-corrected chi connectivity index (χ4v) is 4.86. The highest BCUT2D eigenvalue weighted by Gasteiger charge is 2.33. The zero-order valence-corrected chi connectivity index (χ0v) is 21.7. The van der Waals surface area contributed by atoms with Crippen molar-refractivity contribution in [1.29, 1.82) is 0 Å². The first-order valence-corrected chi connectivity index (χ1v) is 13.0. The number of H-pyrrole nitrogens is 2. The lowest BCUT2D eigenvalue weighted by Gasteiger charge is -2.29. The number of nitrogens with zero attached hydrogens (tertiary/aromatic N) is 2. The maximum atomic E-state index is 12.0. The van der Waals surface area contributed by atoms with Gasteiger partial charge in [-0.2, -0.15) is 0 Å². The maximum Gasteiger partial charge on any atom is 0.325 e. The summed E-state index contributed by atoms with van der Waals surface area (Å²) in [6.45, 7) is 6.20. The number of hydrogen-bond acceptors (Lipinski definition) is 7. The number of piperidine rings is 1. The van der Waals surface area contributed by atoms with E-state index in [0.29, 0.717) is 38.1 Å². The molecule has 200 valence electrons. The van der Waals surface area contributed by atoms with Gasteiger partial charge in [0.25, 0.3) is 5.56 Å². The number of fused-ring (bicyclic) bond motifs is 1. The summed E-state index contributed by atoms with van der Waals surface area (Å²) in [5, 5.41) is 0. The van der Waals surface area contributed by atoms with Gasteiger partial charge in [0, 0.05) is 44.0 Å². The normalized spacial score (nSPS) is 17.7. The average molecular weight is 519 g/mol. The minimum Gasteiger partial charge on any atom is -0.465 e. The molecule has 0 spiro atoms. The van der Waals surface area contributed by atoms with Crippen LogP contribution in [0.4, 0.5) is 0 Å². The Morgan fingerprint density at radius 3 is 2.05 bits per heavy atom. The first-order chi connectivity index (χ1) is 18.4. The summed E-state index contributed by atoms with van der Waals surface area (Å²) in [6.07, 6.45) is 1.23. The van der Waals surface area contributed by atoms with Gasteiger partial charge in [-0.1, -0.05) is 60.7 Å². The highest BCUT2D eigenvalue weighted by molar-refractivity contribution is 6.00. The van der Waals surface area contributed by atoms with E-state index in [1.807, 2.05) is 48.5 Å². The molecule has 3 heterocycles. The predicted octanol–water partition coefficient (Wildman–Crippen LogP) is 2.26. The molecule has 0 aliphatic carbocycles. The second-order valence-corrected chi connectivity index (χ2v) is 9.57. The second kappa shape index (κ2) is 13.1. The quantitative estimate of drug-likeness (QED) is 0.380. The number of Topliss-reactive ketones (excluding diaryl/α,β-unsaturated/α-hetero) is 1. The molecule has 0 radical (unpaired) electrons. The van der Waals surface area contributed by atoms with E-state index in [0.717, 1.165) is 31.9 Å². The molecule has 0 amide bonds. The molecule has 3 aromatic rings. The van der Waals surface area contributed by atoms with Crippen LogP contribution in [0.1, 0.15) is 35.7 Å². The van der Waals surface area contributed by atoms with Crippen molar-refractivity contribution in [2.75, 3.05) is 26.2 Å². The van der Waals surface area contributed by atoms with E-state index in [9.17, 15) is 19.2 Å². The van der Waals surface area contributed by atoms with E-state index in [1.54, 1.807) is 6.92 Å². The van der Waals surface area contributed by atoms with Gasteiger partial charge in [-0.15, -0.1) is 0 Å². The van der Waals surface area contributed by atoms with Gasteiger partial charge in [-0.25, -0.2) is 4.79 Å². The van der Waals surface area contributed by atoms with Crippen molar-refractivity contribution in [1.82, 2.24) is 19.8 Å². The molecule has 5 rings (SSSR count). The van der Waals surface area contributed by atoms with Crippen LogP contribution < -0.4 is 11.2 Å². The number of nitrogens with one attached hydrogen (secondary N) is 2. The molecule has 2 N–H and O–H groups in total. The summed E-state index contributed by atoms with van der Waals surface area (Å²) in [6, 6.07) is 20.2. The Morgan fingerprint density at radius 2 is 1.47 bits per heavy atom. The van der Waals surface area contributed by atoms with Crippen LogP contribution in [0.5, 0.6) is 0 Å². The van der Waals surface area contributed by atoms with Gasteiger partial charge in [0.15, 0.2) is 5.78 Å². The van der Waals surface area contributed by atoms with Crippen LogP contribution in [-0.4, -0.2) is 57.8 Å². The predicted molar refractivity (Wildman–Crippen MR) is 143 cm³/mol. The van der Waals surface area contributed by atoms with Crippen molar-refractivity contribution >= 4 is 11.8 Å². The summed E-state index contributed by atoms with van der Waals surface area (Å²) in [5.74, 6) is -0.959. The van der Waals surface area contributed by atoms with E-state index < -0.39 is 11.6 Å². The van der Waals surface area contributed by atoms with E-state index in [2.05, 4.69) is 31.9 Å². The standard InChI is InChI=1S/C15H19NO3.C14H15N3O2/c1-2-19-15(18)13-8-9-16(11-14(13)17)10-12-6-4-3-5-7-12;18-13-11-6-7-17(8-10-4-2-1-3-5-10)9-12(11)15-14(19)16-13/h3-7,13H,2,8-11H2,1H3;1-5H,6-9H2,(H2,15,16,18,19). The Morgan fingerprint density at radius 1 is 0.868 bits per heavy atom. The number of aromatic amines is 2. The van der Waals surface area contributed by atoms with Crippen LogP contribution >= 0.6 is 0 Å². The SMILES string of the molecule is CCOC(=O)C1CCN(Cc2ccccc2)CC1=O.O=c1[nH]c2c(c(=O)[nH]1)CCN(Cc1ccccc1)C2. The molecule has 2 aliphatic rings. The van der Waals surface area contributed by atoms with E-state index in [4.69, 9.17) is 4.74 Å². The van der Waals surface area contributed by atoms with Gasteiger partial charge in [-0.3, -0.25) is 29.2 Å². The number of ether oxygens (including phenoxy) is 1. The molecule has 2 aromatic carbocycles. The molecule has 9 nitrogen and oxygen atoms in total. The highest BCUT2D eigenvalue weighted by Crippen LogP contribution is 2.18. The summed E-state index contributed by atoms with van der Waals surface area (Å²) >= 11 is 0. The minimum absolute atomic E-state index is 0.0272. The summed E-state index contributed by atoms with van der Waals surface area (Å²) in [4.78, 5) is 55.8. The Labute approximate surface area is 221 Å². The monoisotopic (exact) mass is 518 g/mol. The minimum atomic E-state index is -0.563. The van der Waals surface area contributed by atoms with Gasteiger partial charge in [0.05, 0.1) is 13.2 Å². The Balaban J connectivity index is 0.000000177. The van der Waals surface area contributed by atoms with Crippen LogP contribution in [0, 0.1) is 5.92 Å². The summed E-state index contributed by atoms with van der Waals surface area (Å²) in [5.41, 5.74) is 3.20. The zero-order valence-electron chi connectivity index (χ0n) is 21.7.